The first kappa shape index (κ1) is 10.8. The summed E-state index contributed by atoms with van der Waals surface area (Å²) in [5.41, 5.74) is 1.92. The highest BCUT2D eigenvalue weighted by Gasteiger charge is 2.15. The summed E-state index contributed by atoms with van der Waals surface area (Å²) in [6, 6.07) is 5.79. The van der Waals surface area contributed by atoms with Crippen molar-refractivity contribution in [1.29, 1.82) is 0 Å². The standard InChI is InChI=1S/C14H17FN2/c15-12-6-3-7-13-14(12)10(9-17-13)8-16-11-4-1-2-5-11/h3,6-7,9,11,16-17H,1-2,4-5,8H2. The summed E-state index contributed by atoms with van der Waals surface area (Å²) in [6.45, 7) is 0.756. The zero-order valence-corrected chi connectivity index (χ0v) is 9.80. The molecule has 1 aliphatic carbocycles. The molecule has 3 rings (SSSR count). The van der Waals surface area contributed by atoms with Gasteiger partial charge in [-0.2, -0.15) is 0 Å². The number of aromatic amines is 1. The summed E-state index contributed by atoms with van der Waals surface area (Å²) >= 11 is 0. The largest absolute Gasteiger partial charge is 0.361 e. The van der Waals surface area contributed by atoms with Crippen LogP contribution in [0.5, 0.6) is 0 Å². The first-order chi connectivity index (χ1) is 8.34. The lowest BCUT2D eigenvalue weighted by molar-refractivity contribution is 0.524. The fourth-order valence-corrected chi connectivity index (χ4v) is 2.73. The second kappa shape index (κ2) is 4.49. The Morgan fingerprint density at radius 3 is 2.94 bits per heavy atom. The number of fused-ring (bicyclic) bond motifs is 1. The summed E-state index contributed by atoms with van der Waals surface area (Å²) in [5, 5.41) is 4.25. The lowest BCUT2D eigenvalue weighted by atomic mass is 10.1. The lowest BCUT2D eigenvalue weighted by Crippen LogP contribution is -2.25. The van der Waals surface area contributed by atoms with E-state index >= 15 is 0 Å². The highest BCUT2D eigenvalue weighted by molar-refractivity contribution is 5.83. The first-order valence-corrected chi connectivity index (χ1v) is 6.32. The summed E-state index contributed by atoms with van der Waals surface area (Å²) in [6.07, 6.45) is 7.06. The van der Waals surface area contributed by atoms with Crippen LogP contribution < -0.4 is 5.32 Å². The smallest absolute Gasteiger partial charge is 0.132 e. The van der Waals surface area contributed by atoms with Crippen molar-refractivity contribution >= 4 is 10.9 Å². The van der Waals surface area contributed by atoms with Crippen LogP contribution in [-0.4, -0.2) is 11.0 Å². The number of H-pyrrole nitrogens is 1. The van der Waals surface area contributed by atoms with Crippen LogP contribution in [0.25, 0.3) is 10.9 Å². The van der Waals surface area contributed by atoms with Gasteiger partial charge in [-0.3, -0.25) is 0 Å². The molecule has 0 radical (unpaired) electrons. The molecule has 1 fully saturated rings. The van der Waals surface area contributed by atoms with Gasteiger partial charge in [0.05, 0.1) is 0 Å². The number of halogens is 1. The van der Waals surface area contributed by atoms with Crippen LogP contribution in [0, 0.1) is 5.82 Å². The SMILES string of the molecule is Fc1cccc2[nH]cc(CNC3CCCC3)c12. The van der Waals surface area contributed by atoms with E-state index in [1.54, 1.807) is 6.07 Å². The predicted molar refractivity (Wildman–Crippen MR) is 67.4 cm³/mol. The third-order valence-electron chi connectivity index (χ3n) is 3.67. The van der Waals surface area contributed by atoms with Gasteiger partial charge < -0.3 is 10.3 Å². The highest BCUT2D eigenvalue weighted by Crippen LogP contribution is 2.23. The molecular weight excluding hydrogens is 215 g/mol. The van der Waals surface area contributed by atoms with E-state index in [0.717, 1.165) is 23.0 Å². The monoisotopic (exact) mass is 232 g/mol. The Kier molecular flexibility index (Phi) is 2.85. The molecule has 2 nitrogen and oxygen atoms in total. The fourth-order valence-electron chi connectivity index (χ4n) is 2.73. The normalized spacial score (nSPS) is 17.0. The molecule has 2 aromatic rings. The van der Waals surface area contributed by atoms with E-state index in [-0.39, 0.29) is 5.82 Å². The molecule has 1 heterocycles. The number of hydrogen-bond donors (Lipinski definition) is 2. The maximum absolute atomic E-state index is 13.7. The minimum absolute atomic E-state index is 0.132. The molecule has 0 aliphatic heterocycles. The second-order valence-corrected chi connectivity index (χ2v) is 4.84. The van der Waals surface area contributed by atoms with Gasteiger partial charge in [-0.1, -0.05) is 18.9 Å². The van der Waals surface area contributed by atoms with E-state index in [4.69, 9.17) is 0 Å². The molecule has 1 aromatic carbocycles. The molecule has 1 aromatic heterocycles. The van der Waals surface area contributed by atoms with Crippen molar-refractivity contribution in [2.24, 2.45) is 0 Å². The molecule has 1 aliphatic rings. The number of rotatable bonds is 3. The van der Waals surface area contributed by atoms with Crippen LogP contribution in [0.15, 0.2) is 24.4 Å². The lowest BCUT2D eigenvalue weighted by Gasteiger charge is -2.10. The van der Waals surface area contributed by atoms with Crippen LogP contribution in [0.2, 0.25) is 0 Å². The summed E-state index contributed by atoms with van der Waals surface area (Å²) in [5.74, 6) is -0.132. The van der Waals surface area contributed by atoms with E-state index < -0.39 is 0 Å². The van der Waals surface area contributed by atoms with Gasteiger partial charge in [-0.25, -0.2) is 4.39 Å². The first-order valence-electron chi connectivity index (χ1n) is 6.32. The van der Waals surface area contributed by atoms with Crippen LogP contribution in [-0.2, 0) is 6.54 Å². The van der Waals surface area contributed by atoms with E-state index in [1.165, 1.54) is 31.7 Å². The Labute approximate surface area is 100 Å². The van der Waals surface area contributed by atoms with E-state index in [0.29, 0.717) is 6.04 Å². The molecule has 3 heteroatoms. The minimum Gasteiger partial charge on any atom is -0.361 e. The molecule has 0 saturated heterocycles. The number of benzene rings is 1. The third kappa shape index (κ3) is 2.07. The van der Waals surface area contributed by atoms with Gasteiger partial charge in [0, 0.05) is 29.7 Å². The minimum atomic E-state index is -0.132. The van der Waals surface area contributed by atoms with Crippen molar-refractivity contribution < 1.29 is 4.39 Å². The molecule has 0 unspecified atom stereocenters. The van der Waals surface area contributed by atoms with Gasteiger partial charge in [0.25, 0.3) is 0 Å². The predicted octanol–water partition coefficient (Wildman–Crippen LogP) is 3.34. The maximum Gasteiger partial charge on any atom is 0.132 e. The zero-order valence-electron chi connectivity index (χ0n) is 9.80. The van der Waals surface area contributed by atoms with Gasteiger partial charge in [0.15, 0.2) is 0 Å². The van der Waals surface area contributed by atoms with E-state index in [2.05, 4.69) is 10.3 Å². The van der Waals surface area contributed by atoms with Gasteiger partial charge in [0.2, 0.25) is 0 Å². The van der Waals surface area contributed by atoms with Crippen LogP contribution in [0.1, 0.15) is 31.2 Å². The Morgan fingerprint density at radius 1 is 1.29 bits per heavy atom. The number of aromatic nitrogens is 1. The summed E-state index contributed by atoms with van der Waals surface area (Å²) in [4.78, 5) is 3.12. The van der Waals surface area contributed by atoms with Crippen molar-refractivity contribution in [2.75, 3.05) is 0 Å². The van der Waals surface area contributed by atoms with Gasteiger partial charge >= 0.3 is 0 Å². The Morgan fingerprint density at radius 2 is 2.12 bits per heavy atom. The van der Waals surface area contributed by atoms with E-state index in [9.17, 15) is 4.39 Å². The average Bonchev–Trinajstić information content (AvgIpc) is 2.95. The third-order valence-corrected chi connectivity index (χ3v) is 3.67. The number of hydrogen-bond acceptors (Lipinski definition) is 1. The topological polar surface area (TPSA) is 27.8 Å². The summed E-state index contributed by atoms with van der Waals surface area (Å²) < 4.78 is 13.7. The Bertz CT molecular complexity index is 512. The molecule has 2 N–H and O–H groups in total. The quantitative estimate of drug-likeness (QED) is 0.834. The zero-order chi connectivity index (χ0) is 11.7. The van der Waals surface area contributed by atoms with Crippen molar-refractivity contribution in [3.63, 3.8) is 0 Å². The van der Waals surface area contributed by atoms with Crippen LogP contribution in [0.3, 0.4) is 0 Å². The fraction of sp³-hybridized carbons (Fsp3) is 0.429. The Hall–Kier alpha value is -1.35. The second-order valence-electron chi connectivity index (χ2n) is 4.84. The van der Waals surface area contributed by atoms with E-state index in [1.807, 2.05) is 12.3 Å². The highest BCUT2D eigenvalue weighted by atomic mass is 19.1. The van der Waals surface area contributed by atoms with Gasteiger partial charge in [0.1, 0.15) is 5.82 Å². The summed E-state index contributed by atoms with van der Waals surface area (Å²) in [7, 11) is 0. The Balaban J connectivity index is 1.80. The molecule has 0 bridgehead atoms. The average molecular weight is 232 g/mol. The van der Waals surface area contributed by atoms with Crippen molar-refractivity contribution in [3.05, 3.63) is 35.8 Å². The maximum atomic E-state index is 13.7. The molecule has 90 valence electrons. The molecule has 1 saturated carbocycles. The molecular formula is C14H17FN2. The van der Waals surface area contributed by atoms with Gasteiger partial charge in [-0.05, 0) is 30.5 Å². The van der Waals surface area contributed by atoms with Crippen molar-refractivity contribution in [3.8, 4) is 0 Å². The molecule has 0 amide bonds. The molecule has 0 spiro atoms. The van der Waals surface area contributed by atoms with Crippen molar-refractivity contribution in [2.45, 2.75) is 38.3 Å². The van der Waals surface area contributed by atoms with Crippen LogP contribution in [0.4, 0.5) is 4.39 Å². The molecule has 0 atom stereocenters. The van der Waals surface area contributed by atoms with Gasteiger partial charge in [-0.15, -0.1) is 0 Å². The number of nitrogens with one attached hydrogen (secondary N) is 2. The van der Waals surface area contributed by atoms with Crippen LogP contribution >= 0.6 is 0 Å². The van der Waals surface area contributed by atoms with Crippen molar-refractivity contribution in [1.82, 2.24) is 10.3 Å². The molecule has 17 heavy (non-hydrogen) atoms.